The summed E-state index contributed by atoms with van der Waals surface area (Å²) in [5.41, 5.74) is -0.233. The average molecular weight is 374 g/mol. The molecule has 2 aromatic carbocycles. The Hall–Kier alpha value is -3.33. The summed E-state index contributed by atoms with van der Waals surface area (Å²) in [5, 5.41) is 2.42. The number of ether oxygens (including phenoxy) is 1. The number of anilines is 2. The number of benzene rings is 2. The number of sulfonamides is 1. The maximum Gasteiger partial charge on any atom is 0.229 e. The molecule has 0 spiro atoms. The first kappa shape index (κ1) is 17.5. The highest BCUT2D eigenvalue weighted by Gasteiger charge is 2.15. The predicted octanol–water partition coefficient (Wildman–Crippen LogP) is 2.53. The van der Waals surface area contributed by atoms with Crippen LogP contribution in [0.1, 0.15) is 0 Å². The fraction of sp³-hybridized carbons (Fsp3) is 0.0588. The van der Waals surface area contributed by atoms with Gasteiger partial charge in [0.25, 0.3) is 0 Å². The molecule has 2 N–H and O–H groups in total. The number of nitrogens with one attached hydrogen (secondary N) is 2. The number of para-hydroxylation sites is 1. The van der Waals surface area contributed by atoms with E-state index in [0.29, 0.717) is 12.2 Å². The molecule has 26 heavy (non-hydrogen) atoms. The number of hydrogen-bond donors (Lipinski definition) is 2. The zero-order valence-electron chi connectivity index (χ0n) is 13.6. The molecule has 0 saturated carbocycles. The Morgan fingerprint density at radius 2 is 1.85 bits per heavy atom. The topological polar surface area (TPSA) is 115 Å². The van der Waals surface area contributed by atoms with E-state index >= 15 is 0 Å². The maximum absolute atomic E-state index is 12.3. The van der Waals surface area contributed by atoms with Gasteiger partial charge in [-0.25, -0.2) is 8.42 Å². The quantitative estimate of drug-likeness (QED) is 0.641. The summed E-state index contributed by atoms with van der Waals surface area (Å²) in [7, 11) is -3.61. The molecule has 134 valence electrons. The van der Waals surface area contributed by atoms with Gasteiger partial charge < -0.3 is 9.15 Å². The number of carbonyl (C=O) groups excluding carboxylic acids is 1. The van der Waals surface area contributed by atoms with Crippen LogP contribution in [0.4, 0.5) is 11.6 Å². The van der Waals surface area contributed by atoms with Crippen molar-refractivity contribution in [1.29, 1.82) is 0 Å². The molecule has 0 aliphatic rings. The van der Waals surface area contributed by atoms with Gasteiger partial charge in [0.2, 0.25) is 22.3 Å². The monoisotopic (exact) mass is 374 g/mol. The first-order chi connectivity index (χ1) is 12.4. The highest BCUT2D eigenvalue weighted by molar-refractivity contribution is 7.92. The molecule has 9 heteroatoms. The largest absolute Gasteiger partial charge is 0.455 e. The molecular weight excluding hydrogens is 360 g/mol. The van der Waals surface area contributed by atoms with Crippen molar-refractivity contribution in [1.82, 2.24) is 0 Å². The summed E-state index contributed by atoms with van der Waals surface area (Å²) in [6.45, 7) is 0. The Morgan fingerprint density at radius 1 is 1.12 bits per heavy atom. The Balaban J connectivity index is 2.18. The first-order valence-corrected chi connectivity index (χ1v) is 9.27. The normalized spacial score (nSPS) is 11.1. The highest BCUT2D eigenvalue weighted by Crippen LogP contribution is 2.34. The van der Waals surface area contributed by atoms with E-state index in [2.05, 4.69) is 10.0 Å². The van der Waals surface area contributed by atoms with Crippen molar-refractivity contribution in [2.75, 3.05) is 16.3 Å². The average Bonchev–Trinajstić information content (AvgIpc) is 2.56. The third kappa shape index (κ3) is 4.01. The maximum atomic E-state index is 12.3. The molecule has 0 aliphatic carbocycles. The summed E-state index contributed by atoms with van der Waals surface area (Å²) >= 11 is 0. The Morgan fingerprint density at radius 3 is 2.50 bits per heavy atom. The van der Waals surface area contributed by atoms with Crippen molar-refractivity contribution in [3.63, 3.8) is 0 Å². The highest BCUT2D eigenvalue weighted by atomic mass is 32.2. The second-order valence-corrected chi connectivity index (χ2v) is 7.12. The molecule has 1 aromatic heterocycles. The first-order valence-electron chi connectivity index (χ1n) is 7.38. The summed E-state index contributed by atoms with van der Waals surface area (Å²) in [6, 6.07) is 12.5. The molecule has 1 amide bonds. The van der Waals surface area contributed by atoms with E-state index in [1.165, 1.54) is 12.1 Å². The molecule has 3 aromatic rings. The van der Waals surface area contributed by atoms with Crippen molar-refractivity contribution in [2.24, 2.45) is 0 Å². The van der Waals surface area contributed by atoms with Crippen molar-refractivity contribution in [3.8, 4) is 11.5 Å². The van der Waals surface area contributed by atoms with E-state index in [9.17, 15) is 18.0 Å². The molecule has 0 bridgehead atoms. The van der Waals surface area contributed by atoms with E-state index in [-0.39, 0.29) is 28.3 Å². The van der Waals surface area contributed by atoms with Crippen LogP contribution in [-0.2, 0) is 14.8 Å². The zero-order chi connectivity index (χ0) is 18.7. The lowest BCUT2D eigenvalue weighted by Crippen LogP contribution is -2.11. The minimum Gasteiger partial charge on any atom is -0.455 e. The van der Waals surface area contributed by atoms with E-state index in [4.69, 9.17) is 9.15 Å². The van der Waals surface area contributed by atoms with E-state index in [1.54, 1.807) is 30.3 Å². The van der Waals surface area contributed by atoms with Gasteiger partial charge in [-0.3, -0.25) is 19.6 Å². The second-order valence-electron chi connectivity index (χ2n) is 5.37. The third-order valence-electron chi connectivity index (χ3n) is 3.30. The number of amides is 1. The number of rotatable bonds is 6. The van der Waals surface area contributed by atoms with Crippen LogP contribution in [0, 0.1) is 0 Å². The third-order valence-corrected chi connectivity index (χ3v) is 3.89. The Labute approximate surface area is 148 Å². The van der Waals surface area contributed by atoms with Gasteiger partial charge in [-0.15, -0.1) is 0 Å². The van der Waals surface area contributed by atoms with Gasteiger partial charge in [-0.1, -0.05) is 18.2 Å². The molecule has 8 nitrogen and oxygen atoms in total. The molecule has 1 heterocycles. The van der Waals surface area contributed by atoms with Gasteiger partial charge in [0.05, 0.1) is 17.3 Å². The van der Waals surface area contributed by atoms with Crippen LogP contribution < -0.4 is 20.2 Å². The molecular formula is C17H14N2O6S. The zero-order valence-corrected chi connectivity index (χ0v) is 14.4. The molecule has 0 radical (unpaired) electrons. The summed E-state index contributed by atoms with van der Waals surface area (Å²) in [6.07, 6.45) is 1.36. The van der Waals surface area contributed by atoms with Crippen molar-refractivity contribution in [2.45, 2.75) is 0 Å². The van der Waals surface area contributed by atoms with Crippen molar-refractivity contribution < 1.29 is 22.4 Å². The smallest absolute Gasteiger partial charge is 0.229 e. The van der Waals surface area contributed by atoms with Crippen LogP contribution >= 0.6 is 0 Å². The Bertz CT molecular complexity index is 1120. The Kier molecular flexibility index (Phi) is 4.63. The summed E-state index contributed by atoms with van der Waals surface area (Å²) in [4.78, 5) is 22.8. The summed E-state index contributed by atoms with van der Waals surface area (Å²) in [5.74, 6) is 0.545. The van der Waals surface area contributed by atoms with Gasteiger partial charge in [-0.2, -0.15) is 0 Å². The van der Waals surface area contributed by atoms with Gasteiger partial charge in [-0.05, 0) is 18.2 Å². The van der Waals surface area contributed by atoms with Crippen LogP contribution in [0.2, 0.25) is 0 Å². The van der Waals surface area contributed by atoms with Crippen LogP contribution in [-0.4, -0.2) is 21.1 Å². The van der Waals surface area contributed by atoms with Gasteiger partial charge >= 0.3 is 0 Å². The summed E-state index contributed by atoms with van der Waals surface area (Å²) < 4.78 is 36.8. The molecule has 0 saturated heterocycles. The number of hydrogen-bond acceptors (Lipinski definition) is 6. The molecule has 0 unspecified atom stereocenters. The van der Waals surface area contributed by atoms with E-state index in [0.717, 1.165) is 12.3 Å². The lowest BCUT2D eigenvalue weighted by molar-refractivity contribution is -0.105. The minimum absolute atomic E-state index is 0.0560. The molecule has 0 atom stereocenters. The van der Waals surface area contributed by atoms with E-state index in [1.807, 2.05) is 0 Å². The molecule has 0 fully saturated rings. The van der Waals surface area contributed by atoms with Gasteiger partial charge in [0, 0.05) is 12.1 Å². The number of carbonyl (C=O) groups is 1. The van der Waals surface area contributed by atoms with Crippen LogP contribution in [0.3, 0.4) is 0 Å². The van der Waals surface area contributed by atoms with Crippen molar-refractivity contribution in [3.05, 3.63) is 58.8 Å². The van der Waals surface area contributed by atoms with Crippen LogP contribution in [0.25, 0.3) is 11.0 Å². The van der Waals surface area contributed by atoms with Crippen LogP contribution in [0.15, 0.2) is 57.7 Å². The van der Waals surface area contributed by atoms with Crippen molar-refractivity contribution >= 4 is 39.0 Å². The van der Waals surface area contributed by atoms with Crippen LogP contribution in [0.5, 0.6) is 11.5 Å². The minimum atomic E-state index is -3.61. The lowest BCUT2D eigenvalue weighted by Gasteiger charge is -2.13. The number of fused-ring (bicyclic) bond motifs is 1. The van der Waals surface area contributed by atoms with E-state index < -0.39 is 15.5 Å². The van der Waals surface area contributed by atoms with Gasteiger partial charge in [0.1, 0.15) is 11.3 Å². The molecule has 0 aliphatic heterocycles. The van der Waals surface area contributed by atoms with Gasteiger partial charge in [0.15, 0.2) is 11.2 Å². The second kappa shape index (κ2) is 6.89. The standard InChI is InChI=1S/C17H14N2O6S/c1-26(22,23)19-13-8-15-12(14(21)9-17(25-15)18-10-20)7-16(13)24-11-5-3-2-4-6-11/h2-10,19H,1H3,(H,18,20). The predicted molar refractivity (Wildman–Crippen MR) is 97.2 cm³/mol. The SMILES string of the molecule is CS(=O)(=O)Nc1cc2oc(NC=O)cc(=O)c2cc1Oc1ccccc1. The fourth-order valence-electron chi connectivity index (χ4n) is 2.29. The lowest BCUT2D eigenvalue weighted by atomic mass is 10.2. The molecule has 3 rings (SSSR count). The fourth-order valence-corrected chi connectivity index (χ4v) is 2.85.